The molecule has 5 heteroatoms. The Bertz CT molecular complexity index is 504. The molecule has 2 unspecified atom stereocenters. The van der Waals surface area contributed by atoms with Gasteiger partial charge in [0.15, 0.2) is 0 Å². The van der Waals surface area contributed by atoms with Gasteiger partial charge in [-0.25, -0.2) is 0 Å². The van der Waals surface area contributed by atoms with Crippen molar-refractivity contribution in [2.45, 2.75) is 38.8 Å². The summed E-state index contributed by atoms with van der Waals surface area (Å²) >= 11 is 0. The van der Waals surface area contributed by atoms with Crippen molar-refractivity contribution in [3.8, 4) is 0 Å². The fraction of sp³-hybridized carbons (Fsp3) is 0.562. The van der Waals surface area contributed by atoms with Crippen LogP contribution in [0.4, 0.5) is 11.4 Å². The molecule has 0 aliphatic carbocycles. The van der Waals surface area contributed by atoms with Crippen LogP contribution in [0.3, 0.4) is 0 Å². The van der Waals surface area contributed by atoms with E-state index in [9.17, 15) is 4.79 Å². The van der Waals surface area contributed by atoms with Crippen molar-refractivity contribution >= 4 is 17.3 Å². The zero-order valence-electron chi connectivity index (χ0n) is 13.1. The highest BCUT2D eigenvalue weighted by atomic mass is 16.5. The number of hydrogen-bond acceptors (Lipinski definition) is 4. The number of rotatable bonds is 4. The Balaban J connectivity index is 1.99. The predicted molar refractivity (Wildman–Crippen MR) is 85.3 cm³/mol. The lowest BCUT2D eigenvalue weighted by Crippen LogP contribution is -2.48. The van der Waals surface area contributed by atoms with Crippen LogP contribution in [-0.4, -0.2) is 43.2 Å². The van der Waals surface area contributed by atoms with Crippen LogP contribution in [0.2, 0.25) is 0 Å². The number of amides is 1. The van der Waals surface area contributed by atoms with Crippen LogP contribution in [0, 0.1) is 6.92 Å². The summed E-state index contributed by atoms with van der Waals surface area (Å²) in [4.78, 5) is 14.6. The molecule has 21 heavy (non-hydrogen) atoms. The Kier molecular flexibility index (Phi) is 5.20. The van der Waals surface area contributed by atoms with Gasteiger partial charge in [-0.1, -0.05) is 0 Å². The van der Waals surface area contributed by atoms with Crippen LogP contribution >= 0.6 is 0 Å². The van der Waals surface area contributed by atoms with Gasteiger partial charge in [-0.05, 0) is 57.0 Å². The van der Waals surface area contributed by atoms with Crippen LogP contribution in [0.5, 0.6) is 0 Å². The van der Waals surface area contributed by atoms with Crippen LogP contribution in [-0.2, 0) is 9.53 Å². The summed E-state index contributed by atoms with van der Waals surface area (Å²) in [5.41, 5.74) is 8.23. The molecular weight excluding hydrogens is 266 g/mol. The topological polar surface area (TPSA) is 67.6 Å². The lowest BCUT2D eigenvalue weighted by molar-refractivity contribution is -0.122. The summed E-state index contributed by atoms with van der Waals surface area (Å²) in [6.07, 6.45) is 2.36. The number of nitrogens with zero attached hydrogens (tertiary/aromatic N) is 1. The third kappa shape index (κ3) is 3.95. The number of nitrogen functional groups attached to an aromatic ring is 1. The molecule has 1 saturated heterocycles. The van der Waals surface area contributed by atoms with E-state index in [0.717, 1.165) is 37.2 Å². The molecule has 1 aliphatic heterocycles. The summed E-state index contributed by atoms with van der Waals surface area (Å²) in [5, 5.41) is 2.99. The van der Waals surface area contributed by atoms with Gasteiger partial charge >= 0.3 is 0 Å². The molecule has 1 amide bonds. The van der Waals surface area contributed by atoms with E-state index in [1.54, 1.807) is 13.2 Å². The van der Waals surface area contributed by atoms with Crippen LogP contribution < -0.4 is 11.1 Å². The Morgan fingerprint density at radius 2 is 2.29 bits per heavy atom. The molecule has 1 aromatic carbocycles. The van der Waals surface area contributed by atoms with Crippen molar-refractivity contribution in [2.75, 3.05) is 31.2 Å². The highest BCUT2D eigenvalue weighted by molar-refractivity contribution is 5.95. The maximum atomic E-state index is 12.4. The fourth-order valence-electron chi connectivity index (χ4n) is 2.74. The first-order valence-electron chi connectivity index (χ1n) is 7.45. The third-order valence-corrected chi connectivity index (χ3v) is 4.18. The van der Waals surface area contributed by atoms with Crippen molar-refractivity contribution in [3.05, 3.63) is 23.8 Å². The van der Waals surface area contributed by atoms with E-state index in [-0.39, 0.29) is 18.1 Å². The molecule has 1 heterocycles. The minimum absolute atomic E-state index is 0.0135. The van der Waals surface area contributed by atoms with E-state index in [0.29, 0.717) is 5.69 Å². The molecule has 116 valence electrons. The number of likely N-dealkylation sites (tertiary alicyclic amines) is 1. The number of methoxy groups -OCH3 is 1. The SMILES string of the molecule is COC1CCCN(C(C)C(=O)Nc2ccc(N)cc2C)C1. The Labute approximate surface area is 126 Å². The molecule has 2 atom stereocenters. The minimum Gasteiger partial charge on any atom is -0.399 e. The van der Waals surface area contributed by atoms with Crippen LogP contribution in [0.1, 0.15) is 25.3 Å². The van der Waals surface area contributed by atoms with E-state index in [2.05, 4.69) is 10.2 Å². The van der Waals surface area contributed by atoms with E-state index in [1.165, 1.54) is 0 Å². The summed E-state index contributed by atoms with van der Waals surface area (Å²) in [6, 6.07) is 5.35. The smallest absolute Gasteiger partial charge is 0.241 e. The number of anilines is 2. The standard InChI is InChI=1S/C16H25N3O2/c1-11-9-13(17)6-7-15(11)18-16(20)12(2)19-8-4-5-14(10-19)21-3/h6-7,9,12,14H,4-5,8,10,17H2,1-3H3,(H,18,20). The summed E-state index contributed by atoms with van der Waals surface area (Å²) in [6.45, 7) is 5.64. The van der Waals surface area contributed by atoms with Gasteiger partial charge in [0.25, 0.3) is 0 Å². The lowest BCUT2D eigenvalue weighted by Gasteiger charge is -2.35. The van der Waals surface area contributed by atoms with Crippen molar-refractivity contribution in [1.29, 1.82) is 0 Å². The van der Waals surface area contributed by atoms with Gasteiger partial charge in [-0.15, -0.1) is 0 Å². The van der Waals surface area contributed by atoms with Crippen molar-refractivity contribution in [2.24, 2.45) is 0 Å². The maximum Gasteiger partial charge on any atom is 0.241 e. The molecule has 1 fully saturated rings. The number of ether oxygens (including phenoxy) is 1. The second kappa shape index (κ2) is 6.91. The number of hydrogen-bond donors (Lipinski definition) is 2. The van der Waals surface area contributed by atoms with Crippen molar-refractivity contribution in [3.63, 3.8) is 0 Å². The number of nitrogens with one attached hydrogen (secondary N) is 1. The number of piperidine rings is 1. The van der Waals surface area contributed by atoms with Crippen LogP contribution in [0.25, 0.3) is 0 Å². The van der Waals surface area contributed by atoms with E-state index < -0.39 is 0 Å². The first-order chi connectivity index (χ1) is 10.0. The second-order valence-electron chi connectivity index (χ2n) is 5.73. The molecule has 3 N–H and O–H groups in total. The molecular formula is C16H25N3O2. The lowest BCUT2D eigenvalue weighted by atomic mass is 10.1. The first-order valence-corrected chi connectivity index (χ1v) is 7.45. The molecule has 0 radical (unpaired) electrons. The van der Waals surface area contributed by atoms with Gasteiger partial charge in [0.05, 0.1) is 12.1 Å². The molecule has 0 spiro atoms. The first kappa shape index (κ1) is 15.8. The minimum atomic E-state index is -0.167. The Morgan fingerprint density at radius 3 is 2.95 bits per heavy atom. The van der Waals surface area contributed by atoms with Crippen LogP contribution in [0.15, 0.2) is 18.2 Å². The number of nitrogens with two attached hydrogens (primary N) is 1. The number of aryl methyl sites for hydroxylation is 1. The van der Waals surface area contributed by atoms with Gasteiger partial charge < -0.3 is 15.8 Å². The van der Waals surface area contributed by atoms with E-state index in [1.807, 2.05) is 26.0 Å². The zero-order valence-corrected chi connectivity index (χ0v) is 13.1. The average molecular weight is 291 g/mol. The second-order valence-corrected chi connectivity index (χ2v) is 5.73. The quantitative estimate of drug-likeness (QED) is 0.833. The number of carbonyl (C=O) groups excluding carboxylic acids is 1. The van der Waals surface area contributed by atoms with Gasteiger partial charge in [-0.3, -0.25) is 9.69 Å². The van der Waals surface area contributed by atoms with Gasteiger partial charge in [0.2, 0.25) is 5.91 Å². The van der Waals surface area contributed by atoms with Crippen molar-refractivity contribution < 1.29 is 9.53 Å². The summed E-state index contributed by atoms with van der Waals surface area (Å²) in [7, 11) is 1.73. The third-order valence-electron chi connectivity index (χ3n) is 4.18. The highest BCUT2D eigenvalue weighted by Crippen LogP contribution is 2.20. The average Bonchev–Trinajstić information content (AvgIpc) is 2.49. The van der Waals surface area contributed by atoms with E-state index >= 15 is 0 Å². The molecule has 0 aromatic heterocycles. The Hall–Kier alpha value is -1.59. The number of benzene rings is 1. The summed E-state index contributed by atoms with van der Waals surface area (Å²) < 4.78 is 5.41. The molecule has 2 rings (SSSR count). The fourth-order valence-corrected chi connectivity index (χ4v) is 2.74. The normalized spacial score (nSPS) is 21.0. The monoisotopic (exact) mass is 291 g/mol. The molecule has 1 aromatic rings. The zero-order chi connectivity index (χ0) is 15.4. The largest absolute Gasteiger partial charge is 0.399 e. The maximum absolute atomic E-state index is 12.4. The highest BCUT2D eigenvalue weighted by Gasteiger charge is 2.27. The summed E-state index contributed by atoms with van der Waals surface area (Å²) in [5.74, 6) is 0.0135. The molecule has 5 nitrogen and oxygen atoms in total. The van der Waals surface area contributed by atoms with Gasteiger partial charge in [0.1, 0.15) is 0 Å². The molecule has 1 aliphatic rings. The van der Waals surface area contributed by atoms with E-state index in [4.69, 9.17) is 10.5 Å². The molecule has 0 bridgehead atoms. The van der Waals surface area contributed by atoms with Crippen molar-refractivity contribution in [1.82, 2.24) is 4.90 Å². The van der Waals surface area contributed by atoms with Gasteiger partial charge in [-0.2, -0.15) is 0 Å². The number of carbonyl (C=O) groups is 1. The predicted octanol–water partition coefficient (Wildman–Crippen LogP) is 2.02. The molecule has 0 saturated carbocycles. The van der Waals surface area contributed by atoms with Gasteiger partial charge in [0, 0.05) is 25.0 Å². The Morgan fingerprint density at radius 1 is 1.52 bits per heavy atom.